The van der Waals surface area contributed by atoms with E-state index < -0.39 is 0 Å². The van der Waals surface area contributed by atoms with Gasteiger partial charge < -0.3 is 10.0 Å². The van der Waals surface area contributed by atoms with Gasteiger partial charge in [0, 0.05) is 7.11 Å². The minimum Gasteiger partial charge on any atom is -0.400 e. The van der Waals surface area contributed by atoms with Crippen molar-refractivity contribution in [2.75, 3.05) is 26.7 Å². The van der Waals surface area contributed by atoms with Crippen LogP contribution in [-0.4, -0.2) is 36.8 Å². The normalized spacial score (nSPS) is 10.9. The summed E-state index contributed by atoms with van der Waals surface area (Å²) < 4.78 is 0. The minimum atomic E-state index is 1.00. The van der Waals surface area contributed by atoms with E-state index in [1.807, 2.05) is 0 Å². The van der Waals surface area contributed by atoms with Crippen LogP contribution >= 0.6 is 0 Å². The van der Waals surface area contributed by atoms with Gasteiger partial charge >= 0.3 is 0 Å². The Kier molecular flexibility index (Phi) is 30.3. The van der Waals surface area contributed by atoms with Crippen molar-refractivity contribution in [2.24, 2.45) is 0 Å². The Morgan fingerprint density at radius 1 is 0.370 bits per heavy atom. The van der Waals surface area contributed by atoms with Gasteiger partial charge in [0.05, 0.1) is 0 Å². The lowest BCUT2D eigenvalue weighted by Gasteiger charge is -2.22. The molecule has 0 aromatic carbocycles. The molecule has 0 saturated carbocycles. The van der Waals surface area contributed by atoms with Crippen molar-refractivity contribution in [1.82, 2.24) is 4.90 Å². The predicted molar refractivity (Wildman–Crippen MR) is 125 cm³/mol. The maximum absolute atomic E-state index is 7.00. The molecule has 0 fully saturated rings. The van der Waals surface area contributed by atoms with Gasteiger partial charge in [0.1, 0.15) is 0 Å². The SMILES string of the molecule is CCCCCCCCN(CCCCCCCC)CCCCCCCC.CO. The van der Waals surface area contributed by atoms with Crippen LogP contribution < -0.4 is 0 Å². The van der Waals surface area contributed by atoms with Crippen LogP contribution in [-0.2, 0) is 0 Å². The molecule has 0 aromatic rings. The van der Waals surface area contributed by atoms with Gasteiger partial charge in [-0.2, -0.15) is 0 Å². The number of aliphatic hydroxyl groups is 1. The summed E-state index contributed by atoms with van der Waals surface area (Å²) in [6.07, 6.45) is 25.7. The van der Waals surface area contributed by atoms with Crippen LogP contribution in [0.2, 0.25) is 0 Å². The second-order valence-corrected chi connectivity index (χ2v) is 8.14. The number of nitrogens with zero attached hydrogens (tertiary/aromatic N) is 1. The van der Waals surface area contributed by atoms with Crippen molar-refractivity contribution in [2.45, 2.75) is 136 Å². The van der Waals surface area contributed by atoms with E-state index in [9.17, 15) is 0 Å². The first-order chi connectivity index (χ1) is 13.3. The lowest BCUT2D eigenvalue weighted by atomic mass is 10.1. The molecule has 0 bridgehead atoms. The molecule has 0 aromatic heterocycles. The van der Waals surface area contributed by atoms with Gasteiger partial charge in [-0.3, -0.25) is 0 Å². The maximum Gasteiger partial charge on any atom is 0.0319 e. The van der Waals surface area contributed by atoms with Gasteiger partial charge in [-0.25, -0.2) is 0 Å². The molecule has 0 aliphatic heterocycles. The number of aliphatic hydroxyl groups excluding tert-OH is 1. The Morgan fingerprint density at radius 2 is 0.593 bits per heavy atom. The second kappa shape index (κ2) is 28.1. The van der Waals surface area contributed by atoms with Gasteiger partial charge in [0.15, 0.2) is 0 Å². The van der Waals surface area contributed by atoms with Gasteiger partial charge in [-0.1, -0.05) is 117 Å². The molecule has 2 nitrogen and oxygen atoms in total. The van der Waals surface area contributed by atoms with E-state index in [0.717, 1.165) is 7.11 Å². The predicted octanol–water partition coefficient (Wildman–Crippen LogP) is 7.98. The summed E-state index contributed by atoms with van der Waals surface area (Å²) in [6.45, 7) is 11.0. The van der Waals surface area contributed by atoms with Crippen LogP contribution in [0.5, 0.6) is 0 Å². The zero-order valence-corrected chi connectivity index (χ0v) is 19.7. The first-order valence-electron chi connectivity index (χ1n) is 12.5. The zero-order valence-electron chi connectivity index (χ0n) is 19.7. The zero-order chi connectivity index (χ0) is 20.4. The molecule has 0 heterocycles. The van der Waals surface area contributed by atoms with Crippen LogP contribution in [0.4, 0.5) is 0 Å². The van der Waals surface area contributed by atoms with Crippen molar-refractivity contribution in [3.8, 4) is 0 Å². The van der Waals surface area contributed by atoms with Crippen LogP contribution in [0.3, 0.4) is 0 Å². The van der Waals surface area contributed by atoms with Crippen LogP contribution in [0, 0.1) is 0 Å². The Bertz CT molecular complexity index is 194. The molecule has 0 rings (SSSR count). The minimum absolute atomic E-state index is 1.00. The molecular formula is C25H55NO. The highest BCUT2D eigenvalue weighted by atomic mass is 16.2. The van der Waals surface area contributed by atoms with Crippen molar-refractivity contribution in [1.29, 1.82) is 0 Å². The Labute approximate surface area is 173 Å². The lowest BCUT2D eigenvalue weighted by molar-refractivity contribution is 0.254. The smallest absolute Gasteiger partial charge is 0.0319 e. The first kappa shape index (κ1) is 29.1. The van der Waals surface area contributed by atoms with E-state index in [0.29, 0.717) is 0 Å². The summed E-state index contributed by atoms with van der Waals surface area (Å²) in [7, 11) is 1.00. The quantitative estimate of drug-likeness (QED) is 0.202. The van der Waals surface area contributed by atoms with Crippen molar-refractivity contribution in [3.63, 3.8) is 0 Å². The summed E-state index contributed by atoms with van der Waals surface area (Å²) in [6, 6.07) is 0. The van der Waals surface area contributed by atoms with Gasteiger partial charge in [-0.05, 0) is 38.9 Å². The van der Waals surface area contributed by atoms with E-state index in [2.05, 4.69) is 25.7 Å². The Balaban J connectivity index is 0. The number of unbranched alkanes of at least 4 members (excludes halogenated alkanes) is 15. The summed E-state index contributed by atoms with van der Waals surface area (Å²) in [4.78, 5) is 2.79. The van der Waals surface area contributed by atoms with Crippen molar-refractivity contribution >= 4 is 0 Å². The number of rotatable bonds is 21. The highest BCUT2D eigenvalue weighted by molar-refractivity contribution is 4.60. The third-order valence-electron chi connectivity index (χ3n) is 5.48. The summed E-state index contributed by atoms with van der Waals surface area (Å²) in [5, 5.41) is 7.00. The molecule has 0 aliphatic rings. The molecular weight excluding hydrogens is 330 g/mol. The molecule has 1 N–H and O–H groups in total. The largest absolute Gasteiger partial charge is 0.400 e. The molecule has 27 heavy (non-hydrogen) atoms. The topological polar surface area (TPSA) is 23.5 Å². The van der Waals surface area contributed by atoms with E-state index in [-0.39, 0.29) is 0 Å². The van der Waals surface area contributed by atoms with Crippen LogP contribution in [0.1, 0.15) is 136 Å². The van der Waals surface area contributed by atoms with E-state index in [4.69, 9.17) is 5.11 Å². The average molecular weight is 386 g/mol. The molecule has 0 atom stereocenters. The summed E-state index contributed by atoms with van der Waals surface area (Å²) >= 11 is 0. The molecule has 0 aliphatic carbocycles. The summed E-state index contributed by atoms with van der Waals surface area (Å²) in [5.74, 6) is 0. The van der Waals surface area contributed by atoms with E-state index in [1.165, 1.54) is 135 Å². The molecule has 0 saturated heterocycles. The highest BCUT2D eigenvalue weighted by Crippen LogP contribution is 2.11. The fourth-order valence-electron chi connectivity index (χ4n) is 3.68. The Hall–Kier alpha value is -0.0800. The molecule has 0 unspecified atom stereocenters. The fourth-order valence-corrected chi connectivity index (χ4v) is 3.68. The fraction of sp³-hybridized carbons (Fsp3) is 1.00. The third kappa shape index (κ3) is 25.9. The van der Waals surface area contributed by atoms with E-state index >= 15 is 0 Å². The maximum atomic E-state index is 7.00. The average Bonchev–Trinajstić information content (AvgIpc) is 2.70. The first-order valence-corrected chi connectivity index (χ1v) is 12.5. The van der Waals surface area contributed by atoms with Crippen LogP contribution in [0.25, 0.3) is 0 Å². The standard InChI is InChI=1S/C24H51N.CH4O/c1-4-7-10-13-16-19-22-25(23-20-17-14-11-8-5-2)24-21-18-15-12-9-6-3;1-2/h4-24H2,1-3H3;2H,1H3. The number of hydrogen-bond donors (Lipinski definition) is 1. The molecule has 166 valence electrons. The van der Waals surface area contributed by atoms with Gasteiger partial charge in [0.2, 0.25) is 0 Å². The van der Waals surface area contributed by atoms with E-state index in [1.54, 1.807) is 0 Å². The van der Waals surface area contributed by atoms with Crippen molar-refractivity contribution in [3.05, 3.63) is 0 Å². The lowest BCUT2D eigenvalue weighted by Crippen LogP contribution is -2.27. The van der Waals surface area contributed by atoms with Crippen molar-refractivity contribution < 1.29 is 5.11 Å². The van der Waals surface area contributed by atoms with Gasteiger partial charge in [-0.15, -0.1) is 0 Å². The highest BCUT2D eigenvalue weighted by Gasteiger charge is 2.05. The summed E-state index contributed by atoms with van der Waals surface area (Å²) in [5.41, 5.74) is 0. The number of hydrogen-bond acceptors (Lipinski definition) is 2. The molecule has 0 spiro atoms. The monoisotopic (exact) mass is 385 g/mol. The molecule has 0 radical (unpaired) electrons. The van der Waals surface area contributed by atoms with Gasteiger partial charge in [0.25, 0.3) is 0 Å². The van der Waals surface area contributed by atoms with Crippen LogP contribution in [0.15, 0.2) is 0 Å². The Morgan fingerprint density at radius 3 is 0.852 bits per heavy atom. The third-order valence-corrected chi connectivity index (χ3v) is 5.48. The molecule has 2 heteroatoms. The second-order valence-electron chi connectivity index (χ2n) is 8.14. The molecule has 0 amide bonds.